The van der Waals surface area contributed by atoms with Gasteiger partial charge in [0, 0.05) is 49.0 Å². The Morgan fingerprint density at radius 3 is 2.47 bits per heavy atom. The first-order chi connectivity index (χ1) is 23.9. The summed E-state index contributed by atoms with van der Waals surface area (Å²) in [6, 6.07) is 12.5. The number of anilines is 1. The first kappa shape index (κ1) is 31.3. The third-order valence-electron chi connectivity index (χ3n) is 10.8. The quantitative estimate of drug-likeness (QED) is 0.172. The van der Waals surface area contributed by atoms with Crippen LogP contribution in [0.1, 0.15) is 91.0 Å². The van der Waals surface area contributed by atoms with Crippen LogP contribution in [0.3, 0.4) is 0 Å². The Kier molecular flexibility index (Phi) is 8.18. The van der Waals surface area contributed by atoms with E-state index < -0.39 is 23.8 Å². The summed E-state index contributed by atoms with van der Waals surface area (Å²) in [6.45, 7) is 2.96. The molecule has 2 aromatic heterocycles. The monoisotopic (exact) mass is 660 g/mol. The van der Waals surface area contributed by atoms with Gasteiger partial charge >= 0.3 is 0 Å². The highest BCUT2D eigenvalue weighted by Gasteiger charge is 2.48. The van der Waals surface area contributed by atoms with Crippen LogP contribution in [0.5, 0.6) is 0 Å². The first-order valence-electron chi connectivity index (χ1n) is 17.5. The maximum Gasteiger partial charge on any atom is 0.262 e. The molecule has 4 aliphatic rings. The van der Waals surface area contributed by atoms with E-state index in [1.165, 1.54) is 25.7 Å². The number of aromatic nitrogens is 4. The second-order valence-electron chi connectivity index (χ2n) is 13.8. The first-order valence-corrected chi connectivity index (χ1v) is 17.5. The molecule has 3 aliphatic heterocycles. The minimum Gasteiger partial charge on any atom is -0.385 e. The predicted octanol–water partition coefficient (Wildman–Crippen LogP) is 4.74. The Morgan fingerprint density at radius 2 is 1.67 bits per heavy atom. The predicted molar refractivity (Wildman–Crippen MR) is 183 cm³/mol. The molecule has 2 aromatic carbocycles. The average Bonchev–Trinajstić information content (AvgIpc) is 3.67. The van der Waals surface area contributed by atoms with Crippen LogP contribution in [-0.2, 0) is 9.59 Å². The van der Waals surface area contributed by atoms with Gasteiger partial charge in [-0.15, -0.1) is 0 Å². The smallest absolute Gasteiger partial charge is 0.262 e. The zero-order valence-corrected chi connectivity index (χ0v) is 27.4. The largest absolute Gasteiger partial charge is 0.385 e. The number of rotatable bonds is 11. The van der Waals surface area contributed by atoms with Crippen LogP contribution in [0, 0.1) is 0 Å². The number of unbranched alkanes of at least 4 members (excludes halogenated alkanes) is 2. The van der Waals surface area contributed by atoms with Gasteiger partial charge in [0.25, 0.3) is 11.8 Å². The van der Waals surface area contributed by atoms with Crippen molar-refractivity contribution in [2.45, 2.75) is 81.8 Å². The van der Waals surface area contributed by atoms with Crippen molar-refractivity contribution in [2.24, 2.45) is 0 Å². The molecular weight excluding hydrogens is 620 g/mol. The number of nitrogens with one attached hydrogen (secondary N) is 2. The minimum absolute atomic E-state index is 0.105. The Hall–Kier alpha value is -4.97. The van der Waals surface area contributed by atoms with Crippen LogP contribution in [0.25, 0.3) is 22.3 Å². The number of fused-ring (bicyclic) bond motifs is 2. The number of para-hydroxylation sites is 2. The molecule has 1 atom stereocenters. The minimum atomic E-state index is -0.954. The van der Waals surface area contributed by atoms with Crippen molar-refractivity contribution in [1.82, 2.24) is 34.9 Å². The fourth-order valence-electron chi connectivity index (χ4n) is 7.81. The zero-order chi connectivity index (χ0) is 33.5. The van der Waals surface area contributed by atoms with Crippen LogP contribution in [0.2, 0.25) is 0 Å². The number of likely N-dealkylation sites (tertiary alicyclic amines) is 1. The van der Waals surface area contributed by atoms with Crippen molar-refractivity contribution in [3.63, 3.8) is 0 Å². The van der Waals surface area contributed by atoms with Gasteiger partial charge in [-0.3, -0.25) is 44.0 Å². The van der Waals surface area contributed by atoms with E-state index in [4.69, 9.17) is 10.1 Å². The normalized spacial score (nSPS) is 20.9. The number of hydrogen-bond acceptors (Lipinski definition) is 9. The molecule has 0 bridgehead atoms. The van der Waals surface area contributed by atoms with E-state index in [1.54, 1.807) is 12.1 Å². The number of nitrogens with zero attached hydrogens (tertiary/aromatic N) is 6. The molecule has 0 spiro atoms. The summed E-state index contributed by atoms with van der Waals surface area (Å²) in [4.78, 5) is 63.0. The van der Waals surface area contributed by atoms with Gasteiger partial charge in [0.1, 0.15) is 6.04 Å². The van der Waals surface area contributed by atoms with Crippen molar-refractivity contribution in [3.05, 3.63) is 72.2 Å². The van der Waals surface area contributed by atoms with Crippen LogP contribution < -0.4 is 10.6 Å². The molecule has 1 saturated carbocycles. The van der Waals surface area contributed by atoms with Crippen LogP contribution in [0.4, 0.5) is 5.69 Å². The van der Waals surface area contributed by atoms with Gasteiger partial charge in [0.15, 0.2) is 0 Å². The Labute approximate surface area is 284 Å². The number of carbonyl (C=O) groups excluding carboxylic acids is 4. The summed E-state index contributed by atoms with van der Waals surface area (Å²) in [6.07, 6.45) is 15.4. The van der Waals surface area contributed by atoms with Gasteiger partial charge in [-0.1, -0.05) is 25.0 Å². The molecular formula is C37H40N8O4. The number of benzene rings is 2. The van der Waals surface area contributed by atoms with Crippen molar-refractivity contribution >= 4 is 40.3 Å². The SMILES string of the molecule is O=C1CCC(N2C(=O)c3ccc(NCCCCCC4(N5CCC(n6cc(-c7cnc8ccccc8n7)cn6)CC5)CC4)cc3C2=O)C(=O)N1. The van der Waals surface area contributed by atoms with Gasteiger partial charge in [-0.05, 0) is 75.3 Å². The van der Waals surface area contributed by atoms with E-state index in [-0.39, 0.29) is 18.7 Å². The van der Waals surface area contributed by atoms with Crippen LogP contribution in [-0.4, -0.2) is 84.4 Å². The highest BCUT2D eigenvalue weighted by Crippen LogP contribution is 2.47. The standard InChI is InChI=1S/C37H40N8O4/c46-33-11-10-32(34(47)42-33)45-35(48)27-9-8-25(20-28(27)36(45)49)38-17-5-1-4-14-37(15-16-37)43-18-12-26(13-19-43)44-23-24(21-40-44)31-22-39-29-6-2-3-7-30(29)41-31/h2-3,6-9,20-23,26,32,38H,1,4-5,10-19H2,(H,42,46,47). The molecule has 4 aromatic rings. The molecule has 0 radical (unpaired) electrons. The Morgan fingerprint density at radius 1 is 0.878 bits per heavy atom. The van der Waals surface area contributed by atoms with Crippen molar-refractivity contribution in [3.8, 4) is 11.3 Å². The molecule has 12 nitrogen and oxygen atoms in total. The lowest BCUT2D eigenvalue weighted by Gasteiger charge is -2.38. The lowest BCUT2D eigenvalue weighted by molar-refractivity contribution is -0.136. The molecule has 2 N–H and O–H groups in total. The Balaban J connectivity index is 0.776. The molecule has 5 heterocycles. The topological polar surface area (TPSA) is 142 Å². The summed E-state index contributed by atoms with van der Waals surface area (Å²) in [5.74, 6) is -1.95. The summed E-state index contributed by atoms with van der Waals surface area (Å²) >= 11 is 0. The van der Waals surface area contributed by atoms with Crippen LogP contribution >= 0.6 is 0 Å². The molecule has 49 heavy (non-hydrogen) atoms. The number of amides is 4. The third-order valence-corrected chi connectivity index (χ3v) is 10.8. The highest BCUT2D eigenvalue weighted by molar-refractivity contribution is 6.23. The van der Waals surface area contributed by atoms with E-state index >= 15 is 0 Å². The molecule has 2 saturated heterocycles. The Bertz CT molecular complexity index is 1940. The molecule has 1 unspecified atom stereocenters. The number of imide groups is 2. The average molecular weight is 661 g/mol. The molecule has 4 amide bonds. The lowest BCUT2D eigenvalue weighted by Crippen LogP contribution is -2.54. The second kappa shape index (κ2) is 12.8. The lowest BCUT2D eigenvalue weighted by atomic mass is 9.98. The molecule has 252 valence electrons. The van der Waals surface area contributed by atoms with E-state index in [0.717, 1.165) is 78.2 Å². The van der Waals surface area contributed by atoms with Crippen LogP contribution in [0.15, 0.2) is 61.1 Å². The summed E-state index contributed by atoms with van der Waals surface area (Å²) in [7, 11) is 0. The fourth-order valence-corrected chi connectivity index (χ4v) is 7.81. The van der Waals surface area contributed by atoms with Crippen molar-refractivity contribution in [1.29, 1.82) is 0 Å². The van der Waals surface area contributed by atoms with Crippen molar-refractivity contribution < 1.29 is 19.2 Å². The summed E-state index contributed by atoms with van der Waals surface area (Å²) in [5.41, 5.74) is 5.38. The third kappa shape index (κ3) is 6.09. The number of piperidine rings is 2. The second-order valence-corrected chi connectivity index (χ2v) is 13.8. The zero-order valence-electron chi connectivity index (χ0n) is 27.4. The van der Waals surface area contributed by atoms with Gasteiger partial charge < -0.3 is 5.32 Å². The summed E-state index contributed by atoms with van der Waals surface area (Å²) < 4.78 is 2.12. The fraction of sp³-hybridized carbons (Fsp3) is 0.432. The van der Waals surface area contributed by atoms with Gasteiger partial charge in [-0.25, -0.2) is 4.98 Å². The maximum absolute atomic E-state index is 13.1. The number of hydrogen-bond donors (Lipinski definition) is 2. The summed E-state index contributed by atoms with van der Waals surface area (Å²) in [5, 5.41) is 10.4. The van der Waals surface area contributed by atoms with Gasteiger partial charge in [0.05, 0.1) is 46.3 Å². The van der Waals surface area contributed by atoms with E-state index in [1.807, 2.05) is 42.7 Å². The maximum atomic E-state index is 13.1. The molecule has 1 aliphatic carbocycles. The van der Waals surface area contributed by atoms with Gasteiger partial charge in [0.2, 0.25) is 11.8 Å². The molecule has 8 rings (SSSR count). The van der Waals surface area contributed by atoms with E-state index in [2.05, 4.69) is 31.4 Å². The molecule has 3 fully saturated rings. The van der Waals surface area contributed by atoms with Gasteiger partial charge in [-0.2, -0.15) is 5.10 Å². The van der Waals surface area contributed by atoms with Crippen molar-refractivity contribution in [2.75, 3.05) is 25.0 Å². The molecule has 12 heteroatoms. The highest BCUT2D eigenvalue weighted by atomic mass is 16.2. The van der Waals surface area contributed by atoms with E-state index in [9.17, 15) is 19.2 Å². The number of carbonyl (C=O) groups is 4. The van der Waals surface area contributed by atoms with E-state index in [0.29, 0.717) is 22.7 Å².